The fourth-order valence-electron chi connectivity index (χ4n) is 2.17. The second kappa shape index (κ2) is 7.94. The van der Waals surface area contributed by atoms with Crippen LogP contribution in [0.15, 0.2) is 22.7 Å². The first kappa shape index (κ1) is 19.4. The molecule has 2 N–H and O–H groups in total. The molecule has 9 nitrogen and oxygen atoms in total. The van der Waals surface area contributed by atoms with Crippen molar-refractivity contribution in [2.75, 3.05) is 0 Å². The van der Waals surface area contributed by atoms with E-state index in [2.05, 4.69) is 15.5 Å². The van der Waals surface area contributed by atoms with E-state index in [1.165, 1.54) is 18.2 Å². The number of aromatic nitrogens is 2. The molecule has 140 valence electrons. The van der Waals surface area contributed by atoms with Crippen molar-refractivity contribution in [3.05, 3.63) is 45.6 Å². The summed E-state index contributed by atoms with van der Waals surface area (Å²) >= 11 is 0. The molecule has 2 rings (SSSR count). The predicted octanol–water partition coefficient (Wildman–Crippen LogP) is 2.62. The van der Waals surface area contributed by atoms with E-state index in [-0.39, 0.29) is 35.7 Å². The van der Waals surface area contributed by atoms with Gasteiger partial charge in [0.1, 0.15) is 5.75 Å². The minimum atomic E-state index is -0.555. The number of carbonyl (C=O) groups excluding carboxylic acids is 1. The molecule has 0 unspecified atom stereocenters. The van der Waals surface area contributed by atoms with Crippen LogP contribution in [0.2, 0.25) is 0 Å². The zero-order chi connectivity index (χ0) is 19.3. The highest BCUT2D eigenvalue weighted by Crippen LogP contribution is 2.23. The third kappa shape index (κ3) is 5.27. The maximum Gasteiger partial charge on any atom is 0.270 e. The van der Waals surface area contributed by atoms with E-state index in [9.17, 15) is 20.0 Å². The fourth-order valence-corrected chi connectivity index (χ4v) is 2.17. The second-order valence-corrected chi connectivity index (χ2v) is 6.96. The molecule has 0 aliphatic carbocycles. The van der Waals surface area contributed by atoms with Crippen LogP contribution in [-0.4, -0.2) is 26.1 Å². The first-order valence-corrected chi connectivity index (χ1v) is 8.23. The lowest BCUT2D eigenvalue weighted by Crippen LogP contribution is -2.22. The lowest BCUT2D eigenvalue weighted by atomic mass is 9.96. The minimum Gasteiger partial charge on any atom is -0.508 e. The molecule has 1 heterocycles. The van der Waals surface area contributed by atoms with Gasteiger partial charge in [-0.05, 0) is 12.5 Å². The molecule has 1 amide bonds. The van der Waals surface area contributed by atoms with Crippen molar-refractivity contribution in [3.63, 3.8) is 0 Å². The molecule has 0 saturated heterocycles. The van der Waals surface area contributed by atoms with Crippen LogP contribution >= 0.6 is 0 Å². The summed E-state index contributed by atoms with van der Waals surface area (Å²) in [5.41, 5.74) is -0.0447. The molecular formula is C17H22N4O5. The predicted molar refractivity (Wildman–Crippen MR) is 92.5 cm³/mol. The zero-order valence-corrected chi connectivity index (χ0v) is 15.0. The highest BCUT2D eigenvalue weighted by Gasteiger charge is 2.20. The Balaban J connectivity index is 1.80. The summed E-state index contributed by atoms with van der Waals surface area (Å²) in [6.07, 6.45) is 1.25. The summed E-state index contributed by atoms with van der Waals surface area (Å²) < 4.78 is 5.16. The average Bonchev–Trinajstić information content (AvgIpc) is 3.03. The van der Waals surface area contributed by atoms with Gasteiger partial charge in [0.25, 0.3) is 5.69 Å². The van der Waals surface area contributed by atoms with Crippen molar-refractivity contribution < 1.29 is 19.3 Å². The normalized spacial score (nSPS) is 11.3. The van der Waals surface area contributed by atoms with Crippen LogP contribution in [0.1, 0.15) is 50.9 Å². The van der Waals surface area contributed by atoms with Gasteiger partial charge in [0.05, 0.1) is 4.92 Å². The lowest BCUT2D eigenvalue weighted by molar-refractivity contribution is -0.384. The third-order valence-electron chi connectivity index (χ3n) is 3.68. The summed E-state index contributed by atoms with van der Waals surface area (Å²) in [5.74, 6) is 0.778. The van der Waals surface area contributed by atoms with Gasteiger partial charge in [-0.1, -0.05) is 25.9 Å². The van der Waals surface area contributed by atoms with Crippen LogP contribution in [-0.2, 0) is 23.2 Å². The van der Waals surface area contributed by atoms with Crippen LogP contribution < -0.4 is 5.32 Å². The van der Waals surface area contributed by atoms with Gasteiger partial charge >= 0.3 is 0 Å². The first-order valence-electron chi connectivity index (χ1n) is 8.23. The van der Waals surface area contributed by atoms with E-state index >= 15 is 0 Å². The number of nitrogens with one attached hydrogen (secondary N) is 1. The maximum absolute atomic E-state index is 11.9. The van der Waals surface area contributed by atoms with Crippen LogP contribution in [0.4, 0.5) is 5.69 Å². The summed E-state index contributed by atoms with van der Waals surface area (Å²) in [7, 11) is 0. The molecule has 2 aromatic rings. The number of benzene rings is 1. The molecule has 1 aromatic carbocycles. The van der Waals surface area contributed by atoms with Crippen molar-refractivity contribution >= 4 is 11.6 Å². The number of nitrogens with zero attached hydrogens (tertiary/aromatic N) is 3. The van der Waals surface area contributed by atoms with Gasteiger partial charge in [0.2, 0.25) is 11.8 Å². The van der Waals surface area contributed by atoms with Crippen LogP contribution in [0, 0.1) is 10.1 Å². The number of nitro benzene ring substituents is 1. The zero-order valence-electron chi connectivity index (χ0n) is 15.0. The minimum absolute atomic E-state index is 0.0150. The van der Waals surface area contributed by atoms with Crippen LogP contribution in [0.25, 0.3) is 0 Å². The Hall–Kier alpha value is -2.97. The van der Waals surface area contributed by atoms with Crippen LogP contribution in [0.3, 0.4) is 0 Å². The Labute approximate surface area is 150 Å². The number of hydrogen-bond donors (Lipinski definition) is 2. The van der Waals surface area contributed by atoms with Crippen molar-refractivity contribution in [2.24, 2.45) is 0 Å². The van der Waals surface area contributed by atoms with E-state index in [0.717, 1.165) is 0 Å². The molecule has 26 heavy (non-hydrogen) atoms. The molecular weight excluding hydrogens is 340 g/mol. The van der Waals surface area contributed by atoms with E-state index in [4.69, 9.17) is 4.52 Å². The molecule has 0 spiro atoms. The number of hydrogen-bond acceptors (Lipinski definition) is 7. The van der Waals surface area contributed by atoms with Crippen LogP contribution in [0.5, 0.6) is 5.75 Å². The molecule has 0 bridgehead atoms. The number of aromatic hydroxyl groups is 1. The monoisotopic (exact) mass is 362 g/mol. The average molecular weight is 362 g/mol. The van der Waals surface area contributed by atoms with E-state index in [1.807, 2.05) is 20.8 Å². The SMILES string of the molecule is CC(C)(C)c1noc(CCCC(=O)NCc2cc([N+](=O)[O-])ccc2O)n1. The Kier molecular flexibility index (Phi) is 5.91. The number of aryl methyl sites for hydroxylation is 1. The number of carbonyl (C=O) groups is 1. The van der Waals surface area contributed by atoms with Gasteiger partial charge in [-0.15, -0.1) is 0 Å². The third-order valence-corrected chi connectivity index (χ3v) is 3.68. The topological polar surface area (TPSA) is 131 Å². The van der Waals surface area contributed by atoms with Gasteiger partial charge in [0, 0.05) is 42.5 Å². The Morgan fingerprint density at radius 3 is 2.73 bits per heavy atom. The summed E-state index contributed by atoms with van der Waals surface area (Å²) in [6, 6.07) is 3.68. The lowest BCUT2D eigenvalue weighted by Gasteiger charge is -2.10. The van der Waals surface area contributed by atoms with E-state index in [1.54, 1.807) is 0 Å². The number of amides is 1. The molecule has 0 atom stereocenters. The maximum atomic E-state index is 11.9. The first-order chi connectivity index (χ1) is 12.2. The smallest absolute Gasteiger partial charge is 0.270 e. The molecule has 0 aliphatic heterocycles. The van der Waals surface area contributed by atoms with Crippen molar-refractivity contribution in [1.29, 1.82) is 0 Å². The molecule has 9 heteroatoms. The standard InChI is InChI=1S/C17H22N4O5/c1-17(2,3)16-19-15(26-20-16)6-4-5-14(23)18-10-11-9-12(21(24)25)7-8-13(11)22/h7-9,22H,4-6,10H2,1-3H3,(H,18,23). The van der Waals surface area contributed by atoms with Gasteiger partial charge in [-0.3, -0.25) is 14.9 Å². The Morgan fingerprint density at radius 1 is 1.38 bits per heavy atom. The van der Waals surface area contributed by atoms with Crippen molar-refractivity contribution in [3.8, 4) is 5.75 Å². The number of non-ortho nitro benzene ring substituents is 1. The molecule has 0 fully saturated rings. The Bertz CT molecular complexity index is 795. The molecule has 0 aliphatic rings. The van der Waals surface area contributed by atoms with Crippen molar-refractivity contribution in [1.82, 2.24) is 15.5 Å². The molecule has 1 aromatic heterocycles. The summed E-state index contributed by atoms with van der Waals surface area (Å²) in [5, 5.41) is 27.0. The van der Waals surface area contributed by atoms with Gasteiger partial charge < -0.3 is 14.9 Å². The largest absolute Gasteiger partial charge is 0.508 e. The quantitative estimate of drug-likeness (QED) is 0.571. The number of nitro groups is 1. The highest BCUT2D eigenvalue weighted by atomic mass is 16.6. The highest BCUT2D eigenvalue weighted by molar-refractivity contribution is 5.75. The summed E-state index contributed by atoms with van der Waals surface area (Å²) in [4.78, 5) is 26.4. The number of phenols is 1. The second-order valence-electron chi connectivity index (χ2n) is 6.96. The van der Waals surface area contributed by atoms with Gasteiger partial charge in [-0.2, -0.15) is 4.98 Å². The van der Waals surface area contributed by atoms with Gasteiger partial charge in [0.15, 0.2) is 5.82 Å². The fraction of sp³-hybridized carbons (Fsp3) is 0.471. The number of phenolic OH excluding ortho intramolecular Hbond substituents is 1. The van der Waals surface area contributed by atoms with E-state index in [0.29, 0.717) is 30.1 Å². The Morgan fingerprint density at radius 2 is 2.12 bits per heavy atom. The summed E-state index contributed by atoms with van der Waals surface area (Å²) in [6.45, 7) is 5.97. The van der Waals surface area contributed by atoms with Crippen molar-refractivity contribution in [2.45, 2.75) is 52.0 Å². The number of rotatable bonds is 7. The molecule has 0 saturated carbocycles. The van der Waals surface area contributed by atoms with E-state index < -0.39 is 4.92 Å². The van der Waals surface area contributed by atoms with Gasteiger partial charge in [-0.25, -0.2) is 0 Å². The molecule has 0 radical (unpaired) electrons.